The molecule has 0 aliphatic rings. The molecule has 2 nitrogen and oxygen atoms in total. The van der Waals surface area contributed by atoms with Crippen LogP contribution in [0.15, 0.2) is 67.0 Å². The molecule has 0 fully saturated rings. The van der Waals surface area contributed by atoms with Gasteiger partial charge in [-0.1, -0.05) is 55.8 Å². The number of nitrogens with zero attached hydrogens (tertiary/aromatic N) is 1. The molecule has 2 aromatic heterocycles. The van der Waals surface area contributed by atoms with E-state index in [-0.39, 0.29) is 24.0 Å². The lowest BCUT2D eigenvalue weighted by Gasteiger charge is -2.04. The number of pyridine rings is 1. The van der Waals surface area contributed by atoms with Crippen molar-refractivity contribution in [2.75, 3.05) is 0 Å². The third kappa shape index (κ3) is 3.68. The van der Waals surface area contributed by atoms with Crippen LogP contribution in [0.25, 0.3) is 34.0 Å². The normalized spacial score (nSPS) is 11.3. The third-order valence-corrected chi connectivity index (χ3v) is 4.77. The summed E-state index contributed by atoms with van der Waals surface area (Å²) < 4.78 is 2.36. The van der Waals surface area contributed by atoms with Crippen molar-refractivity contribution in [1.29, 1.82) is 0 Å². The summed E-state index contributed by atoms with van der Waals surface area (Å²) in [5.41, 5.74) is 4.96. The summed E-state index contributed by atoms with van der Waals surface area (Å²) in [6, 6.07) is 19.3. The van der Waals surface area contributed by atoms with Gasteiger partial charge in [0.05, 0.1) is 5.39 Å². The van der Waals surface area contributed by atoms with Crippen molar-refractivity contribution in [2.45, 2.75) is 26.3 Å². The fraction of sp³-hybridized carbons (Fsp3) is 0.174. The van der Waals surface area contributed by atoms with Crippen LogP contribution < -0.4 is 28.5 Å². The summed E-state index contributed by atoms with van der Waals surface area (Å²) in [6.07, 6.45) is 11.1. The van der Waals surface area contributed by atoms with Gasteiger partial charge in [-0.2, -0.15) is 4.57 Å². The number of aromatic amines is 1. The zero-order chi connectivity index (χ0) is 17.1. The van der Waals surface area contributed by atoms with Crippen LogP contribution in [0.2, 0.25) is 0 Å². The van der Waals surface area contributed by atoms with E-state index in [4.69, 9.17) is 0 Å². The molecular formula is C23H23IN2. The van der Waals surface area contributed by atoms with Crippen molar-refractivity contribution in [3.63, 3.8) is 0 Å². The van der Waals surface area contributed by atoms with Crippen LogP contribution in [-0.4, -0.2) is 4.98 Å². The van der Waals surface area contributed by atoms with Crippen molar-refractivity contribution in [2.24, 2.45) is 0 Å². The van der Waals surface area contributed by atoms with E-state index in [2.05, 4.69) is 95.6 Å². The van der Waals surface area contributed by atoms with E-state index in [0.29, 0.717) is 0 Å². The van der Waals surface area contributed by atoms with Gasteiger partial charge in [-0.25, -0.2) is 0 Å². The number of unbranched alkanes of at least 4 members (excludes halogenated alkanes) is 1. The maximum atomic E-state index is 3.34. The molecule has 2 heterocycles. The van der Waals surface area contributed by atoms with E-state index >= 15 is 0 Å². The van der Waals surface area contributed by atoms with E-state index in [1.54, 1.807) is 0 Å². The van der Waals surface area contributed by atoms with Gasteiger partial charge in [0.2, 0.25) is 5.52 Å². The Balaban J connectivity index is 0.00000196. The minimum atomic E-state index is 0. The second kappa shape index (κ2) is 8.49. The maximum absolute atomic E-state index is 3.34. The standard InChI is InChI=1S/C23H22N2.HI/c1-2-3-15-25-16-14-18(21-9-5-7-11-23(21)25)12-13-19-17-24-22-10-6-4-8-20(19)22;/h4-14,16-17H,2-3,15H2,1H3;1H. The van der Waals surface area contributed by atoms with Crippen molar-refractivity contribution in [3.8, 4) is 0 Å². The quantitative estimate of drug-likeness (QED) is 0.354. The first-order valence-electron chi connectivity index (χ1n) is 9.02. The molecule has 4 rings (SSSR count). The van der Waals surface area contributed by atoms with Crippen LogP contribution in [0, 0.1) is 0 Å². The van der Waals surface area contributed by atoms with Crippen LogP contribution in [0.4, 0.5) is 0 Å². The van der Waals surface area contributed by atoms with Crippen LogP contribution in [0.5, 0.6) is 0 Å². The van der Waals surface area contributed by atoms with Gasteiger partial charge in [-0.3, -0.25) is 0 Å². The molecule has 0 saturated carbocycles. The summed E-state index contributed by atoms with van der Waals surface area (Å²) in [6.45, 7) is 3.31. The minimum absolute atomic E-state index is 0. The average molecular weight is 454 g/mol. The highest BCUT2D eigenvalue weighted by molar-refractivity contribution is 5.94. The predicted molar refractivity (Wildman–Crippen MR) is 106 cm³/mol. The lowest BCUT2D eigenvalue weighted by Crippen LogP contribution is -3.00. The third-order valence-electron chi connectivity index (χ3n) is 4.77. The lowest BCUT2D eigenvalue weighted by atomic mass is 10.1. The molecule has 26 heavy (non-hydrogen) atoms. The highest BCUT2D eigenvalue weighted by atomic mass is 127. The number of nitrogens with one attached hydrogen (secondary N) is 1. The SMILES string of the molecule is CCCC[n+]1ccc(/C=C/c2c[nH]c3ccccc23)c2ccccc21.[I-]. The Kier molecular flexibility index (Phi) is 6.09. The van der Waals surface area contributed by atoms with E-state index in [1.165, 1.54) is 45.8 Å². The summed E-state index contributed by atoms with van der Waals surface area (Å²) in [5, 5.41) is 2.56. The molecule has 3 heteroatoms. The Morgan fingerprint density at radius 1 is 0.885 bits per heavy atom. The smallest absolute Gasteiger partial charge is 0.213 e. The topological polar surface area (TPSA) is 19.7 Å². The second-order valence-corrected chi connectivity index (χ2v) is 6.46. The summed E-state index contributed by atoms with van der Waals surface area (Å²) in [5.74, 6) is 0. The fourth-order valence-corrected chi connectivity index (χ4v) is 3.39. The van der Waals surface area contributed by atoms with E-state index in [9.17, 15) is 0 Å². The molecule has 0 amide bonds. The minimum Gasteiger partial charge on any atom is -1.00 e. The van der Waals surface area contributed by atoms with E-state index in [0.717, 1.165) is 6.54 Å². The van der Waals surface area contributed by atoms with E-state index in [1.807, 2.05) is 0 Å². The van der Waals surface area contributed by atoms with Crippen molar-refractivity contribution in [1.82, 2.24) is 4.98 Å². The highest BCUT2D eigenvalue weighted by Gasteiger charge is 2.10. The molecule has 0 aliphatic heterocycles. The number of para-hydroxylation sites is 2. The number of aryl methyl sites for hydroxylation is 1. The predicted octanol–water partition coefficient (Wildman–Crippen LogP) is 2.58. The van der Waals surface area contributed by atoms with Crippen LogP contribution in [-0.2, 0) is 6.54 Å². The maximum Gasteiger partial charge on any atom is 0.213 e. The van der Waals surface area contributed by atoms with Gasteiger partial charge < -0.3 is 29.0 Å². The van der Waals surface area contributed by atoms with Crippen LogP contribution in [0.1, 0.15) is 30.9 Å². The van der Waals surface area contributed by atoms with Gasteiger partial charge in [0.15, 0.2) is 6.20 Å². The molecule has 0 saturated heterocycles. The largest absolute Gasteiger partial charge is 1.00 e. The Hall–Kier alpha value is -2.14. The number of halogens is 1. The Morgan fingerprint density at radius 3 is 2.46 bits per heavy atom. The molecule has 0 aliphatic carbocycles. The Bertz CT molecular complexity index is 1050. The molecular weight excluding hydrogens is 431 g/mol. The molecule has 0 bridgehead atoms. The molecule has 0 spiro atoms. The molecule has 0 atom stereocenters. The van der Waals surface area contributed by atoms with E-state index < -0.39 is 0 Å². The molecule has 0 unspecified atom stereocenters. The monoisotopic (exact) mass is 454 g/mol. The number of H-pyrrole nitrogens is 1. The van der Waals surface area contributed by atoms with Gasteiger partial charge in [0.25, 0.3) is 0 Å². The highest BCUT2D eigenvalue weighted by Crippen LogP contribution is 2.22. The molecule has 1 N–H and O–H groups in total. The lowest BCUT2D eigenvalue weighted by molar-refractivity contribution is -0.671. The Labute approximate surface area is 171 Å². The van der Waals surface area contributed by atoms with Crippen LogP contribution in [0.3, 0.4) is 0 Å². The number of hydrogen-bond donors (Lipinski definition) is 1. The summed E-state index contributed by atoms with van der Waals surface area (Å²) >= 11 is 0. The first kappa shape index (κ1) is 18.6. The summed E-state index contributed by atoms with van der Waals surface area (Å²) in [7, 11) is 0. The van der Waals surface area contributed by atoms with Crippen molar-refractivity contribution < 1.29 is 28.5 Å². The van der Waals surface area contributed by atoms with Gasteiger partial charge >= 0.3 is 0 Å². The molecule has 4 aromatic rings. The summed E-state index contributed by atoms with van der Waals surface area (Å²) in [4.78, 5) is 3.34. The van der Waals surface area contributed by atoms with Gasteiger partial charge in [-0.15, -0.1) is 0 Å². The van der Waals surface area contributed by atoms with Crippen molar-refractivity contribution >= 4 is 34.0 Å². The molecule has 132 valence electrons. The first-order valence-corrected chi connectivity index (χ1v) is 9.02. The van der Waals surface area contributed by atoms with Gasteiger partial charge in [0.1, 0.15) is 6.54 Å². The Morgan fingerprint density at radius 2 is 1.62 bits per heavy atom. The number of benzene rings is 2. The number of rotatable bonds is 5. The first-order chi connectivity index (χ1) is 12.4. The zero-order valence-corrected chi connectivity index (χ0v) is 17.1. The average Bonchev–Trinajstić information content (AvgIpc) is 3.08. The van der Waals surface area contributed by atoms with Crippen LogP contribution >= 0.6 is 0 Å². The van der Waals surface area contributed by atoms with Crippen molar-refractivity contribution in [3.05, 3.63) is 78.1 Å². The van der Waals surface area contributed by atoms with Gasteiger partial charge in [0, 0.05) is 35.7 Å². The number of hydrogen-bond acceptors (Lipinski definition) is 0. The molecule has 0 radical (unpaired) electrons. The number of aromatic nitrogens is 2. The fourth-order valence-electron chi connectivity index (χ4n) is 3.39. The molecule has 2 aromatic carbocycles. The second-order valence-electron chi connectivity index (χ2n) is 6.46. The number of fused-ring (bicyclic) bond motifs is 2. The van der Waals surface area contributed by atoms with Gasteiger partial charge in [-0.05, 0) is 23.3 Å². The zero-order valence-electron chi connectivity index (χ0n) is 15.0.